The van der Waals surface area contributed by atoms with Crippen LogP contribution in [0, 0.1) is 12.8 Å². The van der Waals surface area contributed by atoms with Crippen molar-refractivity contribution in [3.05, 3.63) is 46.2 Å². The number of rotatable bonds is 5. The van der Waals surface area contributed by atoms with E-state index < -0.39 is 0 Å². The summed E-state index contributed by atoms with van der Waals surface area (Å²) in [6.45, 7) is 5.03. The van der Waals surface area contributed by atoms with Gasteiger partial charge in [-0.25, -0.2) is 0 Å². The van der Waals surface area contributed by atoms with E-state index in [0.717, 1.165) is 42.1 Å². The molecule has 1 amide bonds. The summed E-state index contributed by atoms with van der Waals surface area (Å²) >= 11 is 1.51. The van der Waals surface area contributed by atoms with Gasteiger partial charge < -0.3 is 10.6 Å². The molecule has 3 rings (SSSR count). The first kappa shape index (κ1) is 15.3. The van der Waals surface area contributed by atoms with Gasteiger partial charge in [-0.2, -0.15) is 0 Å². The Kier molecular flexibility index (Phi) is 4.90. The number of aryl methyl sites for hydroxylation is 1. The molecule has 2 heterocycles. The van der Waals surface area contributed by atoms with Crippen molar-refractivity contribution in [3.8, 4) is 11.1 Å². The summed E-state index contributed by atoms with van der Waals surface area (Å²) in [5, 5.41) is 8.43. The monoisotopic (exact) mass is 314 g/mol. The van der Waals surface area contributed by atoms with Crippen LogP contribution in [0.4, 0.5) is 0 Å². The van der Waals surface area contributed by atoms with Crippen molar-refractivity contribution < 1.29 is 4.79 Å². The maximum Gasteiger partial charge on any atom is 0.261 e. The Labute approximate surface area is 135 Å². The van der Waals surface area contributed by atoms with E-state index in [4.69, 9.17) is 0 Å². The molecule has 0 bridgehead atoms. The first-order valence-corrected chi connectivity index (χ1v) is 8.75. The standard InChI is InChI=1S/C18H22N2OS/c1-13-2-4-15(5-3-13)16-8-11-22-17(16)18(21)20-10-7-14-6-9-19-12-14/h2-5,8,11,14,19H,6-7,9-10,12H2,1H3,(H,20,21). The highest BCUT2D eigenvalue weighted by molar-refractivity contribution is 7.12. The van der Waals surface area contributed by atoms with Crippen molar-refractivity contribution in [3.63, 3.8) is 0 Å². The molecule has 1 atom stereocenters. The minimum atomic E-state index is 0.0523. The van der Waals surface area contributed by atoms with Gasteiger partial charge in [-0.05, 0) is 55.8 Å². The van der Waals surface area contributed by atoms with Gasteiger partial charge in [0, 0.05) is 12.1 Å². The van der Waals surface area contributed by atoms with E-state index >= 15 is 0 Å². The molecule has 2 N–H and O–H groups in total. The van der Waals surface area contributed by atoms with Gasteiger partial charge in [-0.3, -0.25) is 4.79 Å². The Hall–Kier alpha value is -1.65. The second-order valence-corrected chi connectivity index (χ2v) is 6.85. The summed E-state index contributed by atoms with van der Waals surface area (Å²) in [6.07, 6.45) is 2.29. The van der Waals surface area contributed by atoms with Crippen LogP contribution in [0.5, 0.6) is 0 Å². The third kappa shape index (κ3) is 3.57. The lowest BCUT2D eigenvalue weighted by Crippen LogP contribution is -2.26. The molecule has 3 nitrogen and oxygen atoms in total. The fourth-order valence-electron chi connectivity index (χ4n) is 2.88. The molecule has 0 spiro atoms. The van der Waals surface area contributed by atoms with Crippen molar-refractivity contribution >= 4 is 17.2 Å². The molecule has 1 fully saturated rings. The summed E-state index contributed by atoms with van der Waals surface area (Å²) < 4.78 is 0. The lowest BCUT2D eigenvalue weighted by atomic mass is 10.0. The molecule has 1 aliphatic heterocycles. The molecule has 116 valence electrons. The summed E-state index contributed by atoms with van der Waals surface area (Å²) in [6, 6.07) is 10.4. The molecular weight excluding hydrogens is 292 g/mol. The fourth-order valence-corrected chi connectivity index (χ4v) is 3.71. The molecular formula is C18H22N2OS. The van der Waals surface area contributed by atoms with Crippen LogP contribution in [0.2, 0.25) is 0 Å². The summed E-state index contributed by atoms with van der Waals surface area (Å²) in [7, 11) is 0. The largest absolute Gasteiger partial charge is 0.351 e. The number of carbonyl (C=O) groups excluding carboxylic acids is 1. The molecule has 22 heavy (non-hydrogen) atoms. The molecule has 2 aromatic rings. The van der Waals surface area contributed by atoms with Crippen LogP contribution < -0.4 is 10.6 Å². The lowest BCUT2D eigenvalue weighted by molar-refractivity contribution is 0.0956. The topological polar surface area (TPSA) is 41.1 Å². The van der Waals surface area contributed by atoms with Crippen LogP contribution in [0.25, 0.3) is 11.1 Å². The molecule has 4 heteroatoms. The molecule has 1 aromatic heterocycles. The Morgan fingerprint density at radius 2 is 2.14 bits per heavy atom. The van der Waals surface area contributed by atoms with E-state index in [1.54, 1.807) is 0 Å². The van der Waals surface area contributed by atoms with Gasteiger partial charge in [0.15, 0.2) is 0 Å². The first-order chi connectivity index (χ1) is 10.7. The van der Waals surface area contributed by atoms with Gasteiger partial charge >= 0.3 is 0 Å². The predicted molar refractivity (Wildman–Crippen MR) is 92.4 cm³/mol. The Morgan fingerprint density at radius 3 is 2.86 bits per heavy atom. The number of benzene rings is 1. The number of thiophene rings is 1. The third-order valence-corrected chi connectivity index (χ3v) is 5.15. The number of amides is 1. The van der Waals surface area contributed by atoms with Crippen LogP contribution in [-0.4, -0.2) is 25.5 Å². The minimum Gasteiger partial charge on any atom is -0.351 e. The van der Waals surface area contributed by atoms with E-state index in [1.807, 2.05) is 11.4 Å². The van der Waals surface area contributed by atoms with Crippen molar-refractivity contribution in [2.45, 2.75) is 19.8 Å². The van der Waals surface area contributed by atoms with Gasteiger partial charge in [0.1, 0.15) is 0 Å². The quantitative estimate of drug-likeness (QED) is 0.887. The highest BCUT2D eigenvalue weighted by Gasteiger charge is 2.17. The minimum absolute atomic E-state index is 0.0523. The number of carbonyl (C=O) groups is 1. The molecule has 1 saturated heterocycles. The van der Waals surface area contributed by atoms with E-state index in [-0.39, 0.29) is 5.91 Å². The van der Waals surface area contributed by atoms with Crippen molar-refractivity contribution in [1.29, 1.82) is 0 Å². The second-order valence-electron chi connectivity index (χ2n) is 5.93. The normalized spacial score (nSPS) is 17.6. The average Bonchev–Trinajstić information content (AvgIpc) is 3.19. The smallest absolute Gasteiger partial charge is 0.261 e. The Morgan fingerprint density at radius 1 is 1.32 bits per heavy atom. The second kappa shape index (κ2) is 7.07. The Balaban J connectivity index is 1.63. The fraction of sp³-hybridized carbons (Fsp3) is 0.389. The Bertz CT molecular complexity index is 627. The third-order valence-electron chi connectivity index (χ3n) is 4.23. The van der Waals surface area contributed by atoms with Gasteiger partial charge in [0.2, 0.25) is 0 Å². The SMILES string of the molecule is Cc1ccc(-c2ccsc2C(=O)NCCC2CCNC2)cc1. The molecule has 1 unspecified atom stereocenters. The van der Waals surface area contributed by atoms with E-state index in [0.29, 0.717) is 5.92 Å². The van der Waals surface area contributed by atoms with Crippen molar-refractivity contribution in [2.24, 2.45) is 5.92 Å². The number of hydrogen-bond donors (Lipinski definition) is 2. The maximum atomic E-state index is 12.4. The van der Waals surface area contributed by atoms with E-state index in [2.05, 4.69) is 41.8 Å². The average molecular weight is 314 g/mol. The van der Waals surface area contributed by atoms with Crippen molar-refractivity contribution in [1.82, 2.24) is 10.6 Å². The van der Waals surface area contributed by atoms with E-state index in [9.17, 15) is 4.79 Å². The predicted octanol–water partition coefficient (Wildman–Crippen LogP) is 3.45. The zero-order chi connectivity index (χ0) is 15.4. The van der Waals surface area contributed by atoms with Gasteiger partial charge in [0.25, 0.3) is 5.91 Å². The van der Waals surface area contributed by atoms with Gasteiger partial charge in [0.05, 0.1) is 4.88 Å². The lowest BCUT2D eigenvalue weighted by Gasteiger charge is -2.10. The van der Waals surface area contributed by atoms with Crippen LogP contribution in [0.1, 0.15) is 28.1 Å². The summed E-state index contributed by atoms with van der Waals surface area (Å²) in [4.78, 5) is 13.2. The summed E-state index contributed by atoms with van der Waals surface area (Å²) in [5.74, 6) is 0.761. The van der Waals surface area contributed by atoms with Crippen LogP contribution >= 0.6 is 11.3 Å². The van der Waals surface area contributed by atoms with Gasteiger partial charge in [-0.1, -0.05) is 29.8 Å². The highest BCUT2D eigenvalue weighted by atomic mass is 32.1. The maximum absolute atomic E-state index is 12.4. The van der Waals surface area contributed by atoms with Crippen LogP contribution in [0.15, 0.2) is 35.7 Å². The molecule has 1 aromatic carbocycles. The zero-order valence-corrected chi connectivity index (χ0v) is 13.7. The van der Waals surface area contributed by atoms with Crippen molar-refractivity contribution in [2.75, 3.05) is 19.6 Å². The number of nitrogens with one attached hydrogen (secondary N) is 2. The molecule has 0 radical (unpaired) electrons. The van der Waals surface area contributed by atoms with Gasteiger partial charge in [-0.15, -0.1) is 11.3 Å². The summed E-state index contributed by atoms with van der Waals surface area (Å²) in [5.41, 5.74) is 3.37. The number of hydrogen-bond acceptors (Lipinski definition) is 3. The molecule has 0 aliphatic carbocycles. The van der Waals surface area contributed by atoms with Crippen LogP contribution in [0.3, 0.4) is 0 Å². The first-order valence-electron chi connectivity index (χ1n) is 7.87. The molecule has 0 saturated carbocycles. The van der Waals surface area contributed by atoms with Crippen LogP contribution in [-0.2, 0) is 0 Å². The molecule has 1 aliphatic rings. The zero-order valence-electron chi connectivity index (χ0n) is 12.9. The van der Waals surface area contributed by atoms with E-state index in [1.165, 1.54) is 23.3 Å². The highest BCUT2D eigenvalue weighted by Crippen LogP contribution is 2.28.